The SMILES string of the molecule is Cc1ccccc1OCCNc1cccc(C(F)(F)F)c1. The Morgan fingerprint density at radius 1 is 1.05 bits per heavy atom. The highest BCUT2D eigenvalue weighted by molar-refractivity contribution is 5.46. The van der Waals surface area contributed by atoms with Gasteiger partial charge in [0.1, 0.15) is 12.4 Å². The van der Waals surface area contributed by atoms with E-state index in [0.717, 1.165) is 23.4 Å². The maximum Gasteiger partial charge on any atom is 0.416 e. The van der Waals surface area contributed by atoms with Crippen LogP contribution in [0.1, 0.15) is 11.1 Å². The van der Waals surface area contributed by atoms with Crippen LogP contribution < -0.4 is 10.1 Å². The Kier molecular flexibility index (Phi) is 4.73. The number of anilines is 1. The molecule has 0 radical (unpaired) electrons. The molecule has 0 aliphatic heterocycles. The second kappa shape index (κ2) is 6.52. The van der Waals surface area contributed by atoms with E-state index in [9.17, 15) is 13.2 Å². The van der Waals surface area contributed by atoms with Crippen LogP contribution in [0.5, 0.6) is 5.75 Å². The van der Waals surface area contributed by atoms with Crippen molar-refractivity contribution in [3.8, 4) is 5.75 Å². The number of hydrogen-bond acceptors (Lipinski definition) is 2. The Hall–Kier alpha value is -2.17. The second-order valence-electron chi connectivity index (χ2n) is 4.62. The molecule has 0 aliphatic carbocycles. The number of aryl methyl sites for hydroxylation is 1. The van der Waals surface area contributed by atoms with Crippen molar-refractivity contribution < 1.29 is 17.9 Å². The molecule has 2 aromatic rings. The Bertz CT molecular complexity index is 596. The van der Waals surface area contributed by atoms with Crippen LogP contribution in [-0.2, 0) is 6.18 Å². The lowest BCUT2D eigenvalue weighted by molar-refractivity contribution is -0.137. The molecule has 21 heavy (non-hydrogen) atoms. The average Bonchev–Trinajstić information content (AvgIpc) is 2.45. The molecule has 0 heterocycles. The van der Waals surface area contributed by atoms with Gasteiger partial charge in [-0.2, -0.15) is 13.2 Å². The summed E-state index contributed by atoms with van der Waals surface area (Å²) in [6.07, 6.45) is -4.32. The van der Waals surface area contributed by atoms with Crippen molar-refractivity contribution in [3.05, 3.63) is 59.7 Å². The van der Waals surface area contributed by atoms with Crippen LogP contribution in [0, 0.1) is 6.92 Å². The van der Waals surface area contributed by atoms with E-state index in [2.05, 4.69) is 5.32 Å². The molecule has 0 spiro atoms. The zero-order valence-corrected chi connectivity index (χ0v) is 11.6. The normalized spacial score (nSPS) is 11.2. The van der Waals surface area contributed by atoms with Gasteiger partial charge in [0.05, 0.1) is 5.56 Å². The molecule has 0 saturated heterocycles. The van der Waals surface area contributed by atoms with Crippen LogP contribution in [-0.4, -0.2) is 13.2 Å². The van der Waals surface area contributed by atoms with Gasteiger partial charge in [0, 0.05) is 12.2 Å². The summed E-state index contributed by atoms with van der Waals surface area (Å²) in [6.45, 7) is 2.74. The van der Waals surface area contributed by atoms with E-state index in [1.807, 2.05) is 31.2 Å². The highest BCUT2D eigenvalue weighted by Crippen LogP contribution is 2.30. The van der Waals surface area contributed by atoms with Crippen molar-refractivity contribution in [1.82, 2.24) is 0 Å². The van der Waals surface area contributed by atoms with Crippen LogP contribution >= 0.6 is 0 Å². The van der Waals surface area contributed by atoms with E-state index in [1.54, 1.807) is 6.07 Å². The zero-order valence-electron chi connectivity index (χ0n) is 11.6. The lowest BCUT2D eigenvalue weighted by atomic mass is 10.2. The summed E-state index contributed by atoms with van der Waals surface area (Å²) in [5.74, 6) is 0.781. The maximum atomic E-state index is 12.6. The Balaban J connectivity index is 1.85. The molecule has 0 fully saturated rings. The number of rotatable bonds is 5. The zero-order chi connectivity index (χ0) is 15.3. The molecule has 0 bridgehead atoms. The summed E-state index contributed by atoms with van der Waals surface area (Å²) in [7, 11) is 0. The minimum Gasteiger partial charge on any atom is -0.491 e. The quantitative estimate of drug-likeness (QED) is 0.820. The number of ether oxygens (including phenoxy) is 1. The minimum absolute atomic E-state index is 0.376. The second-order valence-corrected chi connectivity index (χ2v) is 4.62. The Morgan fingerprint density at radius 3 is 2.52 bits per heavy atom. The van der Waals surface area contributed by atoms with Gasteiger partial charge in [-0.25, -0.2) is 0 Å². The molecule has 0 atom stereocenters. The number of halogens is 3. The van der Waals surface area contributed by atoms with Gasteiger partial charge in [-0.3, -0.25) is 0 Å². The van der Waals surface area contributed by atoms with Gasteiger partial charge in [-0.15, -0.1) is 0 Å². The number of nitrogens with one attached hydrogen (secondary N) is 1. The minimum atomic E-state index is -4.32. The standard InChI is InChI=1S/C16H16F3NO/c1-12-5-2-3-8-15(12)21-10-9-20-14-7-4-6-13(11-14)16(17,18)19/h2-8,11,20H,9-10H2,1H3. The van der Waals surface area contributed by atoms with E-state index in [-0.39, 0.29) is 0 Å². The first-order valence-electron chi connectivity index (χ1n) is 6.56. The summed E-state index contributed by atoms with van der Waals surface area (Å²) in [6, 6.07) is 12.7. The fraction of sp³-hybridized carbons (Fsp3) is 0.250. The van der Waals surface area contributed by atoms with Crippen LogP contribution in [0.15, 0.2) is 48.5 Å². The topological polar surface area (TPSA) is 21.3 Å². The van der Waals surface area contributed by atoms with Gasteiger partial charge in [-0.1, -0.05) is 24.3 Å². The van der Waals surface area contributed by atoms with Crippen molar-refractivity contribution in [3.63, 3.8) is 0 Å². The average molecular weight is 295 g/mol. The number of para-hydroxylation sites is 1. The lowest BCUT2D eigenvalue weighted by Gasteiger charge is -2.12. The first-order valence-corrected chi connectivity index (χ1v) is 6.56. The third-order valence-corrected chi connectivity index (χ3v) is 2.97. The van der Waals surface area contributed by atoms with Crippen LogP contribution in [0.2, 0.25) is 0 Å². The highest BCUT2D eigenvalue weighted by atomic mass is 19.4. The monoisotopic (exact) mass is 295 g/mol. The summed E-state index contributed by atoms with van der Waals surface area (Å²) < 4.78 is 43.3. The van der Waals surface area contributed by atoms with E-state index in [1.165, 1.54) is 6.07 Å². The lowest BCUT2D eigenvalue weighted by Crippen LogP contribution is -2.12. The summed E-state index contributed by atoms with van der Waals surface area (Å²) in [4.78, 5) is 0. The predicted molar refractivity (Wildman–Crippen MR) is 76.6 cm³/mol. The molecular formula is C16H16F3NO. The van der Waals surface area contributed by atoms with E-state index in [4.69, 9.17) is 4.74 Å². The molecular weight excluding hydrogens is 279 g/mol. The van der Waals surface area contributed by atoms with Gasteiger partial charge in [-0.05, 0) is 36.8 Å². The molecule has 0 saturated carbocycles. The summed E-state index contributed by atoms with van der Waals surface area (Å²) in [5, 5.41) is 2.92. The van der Waals surface area contributed by atoms with Gasteiger partial charge in [0.2, 0.25) is 0 Å². The number of benzene rings is 2. The predicted octanol–water partition coefficient (Wildman–Crippen LogP) is 4.50. The van der Waals surface area contributed by atoms with Crippen molar-refractivity contribution in [2.75, 3.05) is 18.5 Å². The van der Waals surface area contributed by atoms with Crippen LogP contribution in [0.25, 0.3) is 0 Å². The van der Waals surface area contributed by atoms with Crippen molar-refractivity contribution in [2.45, 2.75) is 13.1 Å². The Morgan fingerprint density at radius 2 is 1.81 bits per heavy atom. The third kappa shape index (κ3) is 4.41. The van der Waals surface area contributed by atoms with E-state index < -0.39 is 11.7 Å². The molecule has 2 aromatic carbocycles. The van der Waals surface area contributed by atoms with Gasteiger partial charge >= 0.3 is 6.18 Å². The van der Waals surface area contributed by atoms with E-state index >= 15 is 0 Å². The molecule has 2 rings (SSSR count). The Labute approximate surface area is 121 Å². The summed E-state index contributed by atoms with van der Waals surface area (Å²) >= 11 is 0. The molecule has 2 nitrogen and oxygen atoms in total. The van der Waals surface area contributed by atoms with Gasteiger partial charge < -0.3 is 10.1 Å². The van der Waals surface area contributed by atoms with Crippen LogP contribution in [0.3, 0.4) is 0 Å². The fourth-order valence-corrected chi connectivity index (χ4v) is 1.88. The summed E-state index contributed by atoms with van der Waals surface area (Å²) in [5.41, 5.74) is 0.794. The smallest absolute Gasteiger partial charge is 0.416 e. The molecule has 1 N–H and O–H groups in total. The largest absolute Gasteiger partial charge is 0.491 e. The first kappa shape index (κ1) is 15.2. The maximum absolute atomic E-state index is 12.6. The molecule has 0 amide bonds. The third-order valence-electron chi connectivity index (χ3n) is 2.97. The first-order chi connectivity index (χ1) is 9.97. The number of alkyl halides is 3. The molecule has 0 unspecified atom stereocenters. The molecule has 0 aliphatic rings. The molecule has 112 valence electrons. The van der Waals surface area contributed by atoms with Crippen molar-refractivity contribution in [1.29, 1.82) is 0 Å². The molecule has 0 aromatic heterocycles. The van der Waals surface area contributed by atoms with Crippen LogP contribution in [0.4, 0.5) is 18.9 Å². The van der Waals surface area contributed by atoms with Gasteiger partial charge in [0.25, 0.3) is 0 Å². The fourth-order valence-electron chi connectivity index (χ4n) is 1.88. The van der Waals surface area contributed by atoms with Crippen molar-refractivity contribution >= 4 is 5.69 Å². The highest BCUT2D eigenvalue weighted by Gasteiger charge is 2.30. The van der Waals surface area contributed by atoms with E-state index in [0.29, 0.717) is 18.8 Å². The molecule has 5 heteroatoms. The van der Waals surface area contributed by atoms with Gasteiger partial charge in [0.15, 0.2) is 0 Å². The number of hydrogen-bond donors (Lipinski definition) is 1. The van der Waals surface area contributed by atoms with Crippen molar-refractivity contribution in [2.24, 2.45) is 0 Å².